The highest BCUT2D eigenvalue weighted by molar-refractivity contribution is 7.92. The van der Waals surface area contributed by atoms with E-state index in [4.69, 9.17) is 4.42 Å². The Bertz CT molecular complexity index is 1530. The van der Waals surface area contributed by atoms with E-state index >= 15 is 0 Å². The fourth-order valence-corrected chi connectivity index (χ4v) is 7.25. The van der Waals surface area contributed by atoms with Gasteiger partial charge in [-0.1, -0.05) is 6.92 Å². The molecule has 206 valence electrons. The van der Waals surface area contributed by atoms with Crippen LogP contribution in [0.15, 0.2) is 34.7 Å². The number of sulfonamides is 2. The molecule has 0 spiro atoms. The third-order valence-electron chi connectivity index (χ3n) is 6.48. The lowest BCUT2D eigenvalue weighted by atomic mass is 10.0. The summed E-state index contributed by atoms with van der Waals surface area (Å²) in [4.78, 5) is 17.1. The van der Waals surface area contributed by atoms with Crippen LogP contribution in [0.5, 0.6) is 0 Å². The van der Waals surface area contributed by atoms with Crippen LogP contribution < -0.4 is 10.0 Å². The van der Waals surface area contributed by atoms with E-state index in [1.165, 1.54) is 35.6 Å². The Hall–Kier alpha value is -3.03. The number of carbonyl (C=O) groups is 1. The highest BCUT2D eigenvalue weighted by atomic mass is 32.2. The molecule has 4 rings (SSSR count). The molecular formula is C25H31FN4O6S2. The normalized spacial score (nSPS) is 14.7. The summed E-state index contributed by atoms with van der Waals surface area (Å²) in [6.45, 7) is 2.87. The third-order valence-corrected chi connectivity index (χ3v) is 9.77. The number of fused-ring (bicyclic) bond motifs is 1. The first-order chi connectivity index (χ1) is 18.0. The van der Waals surface area contributed by atoms with E-state index in [1.807, 2.05) is 6.92 Å². The number of rotatable bonds is 11. The van der Waals surface area contributed by atoms with Crippen LogP contribution in [0.25, 0.3) is 22.4 Å². The van der Waals surface area contributed by atoms with Crippen LogP contribution >= 0.6 is 0 Å². The molecule has 3 heterocycles. The average molecular weight is 567 g/mol. The van der Waals surface area contributed by atoms with Gasteiger partial charge in [0.15, 0.2) is 0 Å². The van der Waals surface area contributed by atoms with E-state index < -0.39 is 31.8 Å². The highest BCUT2D eigenvalue weighted by Gasteiger charge is 2.26. The average Bonchev–Trinajstić information content (AvgIpc) is 3.55. The molecule has 1 aliphatic heterocycles. The molecule has 38 heavy (non-hydrogen) atoms. The van der Waals surface area contributed by atoms with E-state index in [0.717, 1.165) is 12.8 Å². The minimum Gasteiger partial charge on any atom is -0.437 e. The lowest BCUT2D eigenvalue weighted by molar-refractivity contribution is 0.0964. The molecule has 10 nitrogen and oxygen atoms in total. The van der Waals surface area contributed by atoms with Crippen LogP contribution in [-0.4, -0.2) is 63.7 Å². The predicted octanol–water partition coefficient (Wildman–Crippen LogP) is 3.50. The Morgan fingerprint density at radius 1 is 1.08 bits per heavy atom. The number of unbranched alkanes of at least 4 members (excludes halogenated alkanes) is 1. The van der Waals surface area contributed by atoms with E-state index in [9.17, 15) is 26.0 Å². The van der Waals surface area contributed by atoms with E-state index in [1.54, 1.807) is 6.07 Å². The van der Waals surface area contributed by atoms with E-state index in [0.29, 0.717) is 36.0 Å². The minimum absolute atomic E-state index is 0.0505. The first kappa shape index (κ1) is 28.0. The van der Waals surface area contributed by atoms with Crippen molar-refractivity contribution in [3.05, 3.63) is 47.3 Å². The second-order valence-corrected chi connectivity index (χ2v) is 13.1. The lowest BCUT2D eigenvalue weighted by Gasteiger charge is -2.15. The van der Waals surface area contributed by atoms with Gasteiger partial charge in [0.25, 0.3) is 5.91 Å². The van der Waals surface area contributed by atoms with Gasteiger partial charge in [-0.2, -0.15) is 4.98 Å². The zero-order valence-electron chi connectivity index (χ0n) is 21.3. The van der Waals surface area contributed by atoms with Gasteiger partial charge < -0.3 is 9.73 Å². The molecule has 1 saturated heterocycles. The van der Waals surface area contributed by atoms with Crippen molar-refractivity contribution in [2.75, 3.05) is 36.4 Å². The molecule has 13 heteroatoms. The summed E-state index contributed by atoms with van der Waals surface area (Å²) < 4.78 is 73.7. The summed E-state index contributed by atoms with van der Waals surface area (Å²) in [5, 5.41) is 2.97. The van der Waals surface area contributed by atoms with Gasteiger partial charge in [-0.15, -0.1) is 0 Å². The molecule has 1 aromatic carbocycles. The Morgan fingerprint density at radius 3 is 2.37 bits per heavy atom. The van der Waals surface area contributed by atoms with Crippen molar-refractivity contribution in [2.24, 2.45) is 0 Å². The molecular weight excluding hydrogens is 535 g/mol. The Kier molecular flexibility index (Phi) is 8.38. The predicted molar refractivity (Wildman–Crippen MR) is 143 cm³/mol. The van der Waals surface area contributed by atoms with Gasteiger partial charge in [0.05, 0.1) is 22.5 Å². The monoisotopic (exact) mass is 566 g/mol. The van der Waals surface area contributed by atoms with Crippen molar-refractivity contribution in [1.29, 1.82) is 0 Å². The maximum Gasteiger partial charge on any atom is 0.255 e. The Labute approximate surface area is 221 Å². The fourth-order valence-electron chi connectivity index (χ4n) is 4.45. The number of anilines is 1. The molecule has 3 aromatic rings. The molecule has 0 atom stereocenters. The molecule has 0 aliphatic carbocycles. The number of pyridine rings is 1. The van der Waals surface area contributed by atoms with Gasteiger partial charge in [0.1, 0.15) is 17.4 Å². The number of amides is 1. The number of nitrogens with zero attached hydrogens (tertiary/aromatic N) is 2. The first-order valence-corrected chi connectivity index (χ1v) is 15.7. The van der Waals surface area contributed by atoms with Crippen molar-refractivity contribution in [3.8, 4) is 11.3 Å². The zero-order valence-corrected chi connectivity index (χ0v) is 22.9. The molecule has 0 saturated carbocycles. The summed E-state index contributed by atoms with van der Waals surface area (Å²) >= 11 is 0. The van der Waals surface area contributed by atoms with Crippen LogP contribution in [-0.2, 0) is 26.5 Å². The van der Waals surface area contributed by atoms with Gasteiger partial charge in [-0.3, -0.25) is 9.52 Å². The number of furan rings is 1. The smallest absolute Gasteiger partial charge is 0.255 e. The number of nitrogens with one attached hydrogen (secondary N) is 2. The van der Waals surface area contributed by atoms with Crippen molar-refractivity contribution in [1.82, 2.24) is 14.6 Å². The molecule has 1 amide bonds. The van der Waals surface area contributed by atoms with Crippen molar-refractivity contribution in [2.45, 2.75) is 39.0 Å². The summed E-state index contributed by atoms with van der Waals surface area (Å²) in [6.07, 6.45) is 2.50. The number of benzene rings is 1. The number of hydrogen-bond donors (Lipinski definition) is 2. The largest absolute Gasteiger partial charge is 0.437 e. The molecule has 1 aliphatic rings. The van der Waals surface area contributed by atoms with Crippen molar-refractivity contribution >= 4 is 42.9 Å². The molecule has 1 fully saturated rings. The van der Waals surface area contributed by atoms with Gasteiger partial charge in [0.2, 0.25) is 25.8 Å². The summed E-state index contributed by atoms with van der Waals surface area (Å²) in [6, 6.07) is 7.11. The number of halogens is 1. The SMILES string of the molecule is CCc1cc2c(C(=O)NC)c(-c3ccc(F)cc3)oc2nc1NS(=O)(=O)CCCCS(=O)(=O)N1CCCC1. The third kappa shape index (κ3) is 6.16. The lowest BCUT2D eigenvalue weighted by Crippen LogP contribution is -2.30. The van der Waals surface area contributed by atoms with E-state index in [-0.39, 0.29) is 47.2 Å². The van der Waals surface area contributed by atoms with Gasteiger partial charge in [-0.05, 0) is 68.0 Å². The quantitative estimate of drug-likeness (QED) is 0.339. The zero-order chi connectivity index (χ0) is 27.5. The molecule has 0 radical (unpaired) electrons. The van der Waals surface area contributed by atoms with Crippen molar-refractivity contribution in [3.63, 3.8) is 0 Å². The standard InChI is InChI=1S/C25H31FN4O6S2/c1-3-17-16-20-21(24(31)27-2)22(18-8-10-19(26)11-9-18)36-25(20)28-23(17)29-37(32,33)14-6-7-15-38(34,35)30-12-4-5-13-30/h8-11,16H,3-7,12-15H2,1-2H3,(H,27,31)(H,28,29). The van der Waals surface area contributed by atoms with Crippen LogP contribution in [0.2, 0.25) is 0 Å². The number of aromatic nitrogens is 1. The molecule has 0 bridgehead atoms. The summed E-state index contributed by atoms with van der Waals surface area (Å²) in [7, 11) is -5.73. The number of aryl methyl sites for hydroxylation is 1. The Morgan fingerprint density at radius 2 is 1.74 bits per heavy atom. The maximum atomic E-state index is 13.5. The molecule has 2 aromatic heterocycles. The topological polar surface area (TPSA) is 139 Å². The van der Waals surface area contributed by atoms with Crippen LogP contribution in [0.1, 0.15) is 48.5 Å². The minimum atomic E-state index is -3.84. The Balaban J connectivity index is 1.56. The van der Waals surface area contributed by atoms with Gasteiger partial charge >= 0.3 is 0 Å². The number of hydrogen-bond acceptors (Lipinski definition) is 7. The molecule has 0 unspecified atom stereocenters. The second kappa shape index (κ2) is 11.4. The van der Waals surface area contributed by atoms with Crippen LogP contribution in [0, 0.1) is 5.82 Å². The summed E-state index contributed by atoms with van der Waals surface area (Å²) in [5.41, 5.74) is 1.28. The first-order valence-electron chi connectivity index (χ1n) is 12.5. The fraction of sp³-hybridized carbons (Fsp3) is 0.440. The van der Waals surface area contributed by atoms with Crippen LogP contribution in [0.4, 0.5) is 10.2 Å². The highest BCUT2D eigenvalue weighted by Crippen LogP contribution is 2.35. The second-order valence-electron chi connectivity index (χ2n) is 9.14. The van der Waals surface area contributed by atoms with Crippen LogP contribution in [0.3, 0.4) is 0 Å². The summed E-state index contributed by atoms with van der Waals surface area (Å²) in [5.74, 6) is -0.963. The van der Waals surface area contributed by atoms with Crippen molar-refractivity contribution < 1.29 is 30.4 Å². The van der Waals surface area contributed by atoms with Gasteiger partial charge in [-0.25, -0.2) is 25.5 Å². The van der Waals surface area contributed by atoms with Gasteiger partial charge in [0, 0.05) is 25.7 Å². The van der Waals surface area contributed by atoms with E-state index in [2.05, 4.69) is 15.0 Å². The number of carbonyl (C=O) groups excluding carboxylic acids is 1. The molecule has 2 N–H and O–H groups in total. The maximum absolute atomic E-state index is 13.5.